The summed E-state index contributed by atoms with van der Waals surface area (Å²) in [7, 11) is 0. The first-order valence-electron chi connectivity index (χ1n) is 8.89. The molecule has 4 aromatic rings. The highest BCUT2D eigenvalue weighted by atomic mass is 32.1. The van der Waals surface area contributed by atoms with E-state index in [0.29, 0.717) is 18.8 Å². The van der Waals surface area contributed by atoms with Crippen molar-refractivity contribution in [3.63, 3.8) is 0 Å². The maximum absolute atomic E-state index is 9.27. The molecule has 138 valence electrons. The molecule has 0 spiro atoms. The first-order chi connectivity index (χ1) is 13.3. The maximum atomic E-state index is 9.27. The Morgan fingerprint density at radius 3 is 2.56 bits per heavy atom. The van der Waals surface area contributed by atoms with Crippen LogP contribution in [-0.2, 0) is 19.4 Å². The van der Waals surface area contributed by atoms with Crippen LogP contribution in [0, 0.1) is 0 Å². The van der Waals surface area contributed by atoms with Gasteiger partial charge in [-0.1, -0.05) is 25.1 Å². The summed E-state index contributed by atoms with van der Waals surface area (Å²) in [4.78, 5) is 6.15. The van der Waals surface area contributed by atoms with Gasteiger partial charge in [-0.15, -0.1) is 26.3 Å². The van der Waals surface area contributed by atoms with Crippen molar-refractivity contribution >= 4 is 22.4 Å². The fraction of sp³-hybridized carbons (Fsp3) is 0.250. The summed E-state index contributed by atoms with van der Waals surface area (Å²) in [6.45, 7) is 2.58. The number of rotatable bonds is 7. The molecular weight excluding hydrogens is 360 g/mol. The van der Waals surface area contributed by atoms with E-state index < -0.39 is 0 Å². The summed E-state index contributed by atoms with van der Waals surface area (Å²) in [5, 5.41) is 21.5. The Kier molecular flexibility index (Phi) is 5.13. The van der Waals surface area contributed by atoms with E-state index in [4.69, 9.17) is 4.74 Å². The van der Waals surface area contributed by atoms with Crippen molar-refractivity contribution in [1.29, 1.82) is 0 Å². The molecule has 0 aliphatic rings. The molecule has 0 radical (unpaired) electrons. The third-order valence-corrected chi connectivity index (χ3v) is 5.25. The highest BCUT2D eigenvalue weighted by Gasteiger charge is 2.12. The molecule has 7 heteroatoms. The maximum Gasteiger partial charge on any atom is 0.147 e. The number of hydrogen-bond donors (Lipinski definition) is 1. The monoisotopic (exact) mass is 380 g/mol. The second-order valence-electron chi connectivity index (χ2n) is 6.13. The molecule has 0 atom stereocenters. The summed E-state index contributed by atoms with van der Waals surface area (Å²) in [5.74, 6) is 0.683. The fourth-order valence-electron chi connectivity index (χ4n) is 2.82. The van der Waals surface area contributed by atoms with Crippen LogP contribution in [0.1, 0.15) is 23.2 Å². The zero-order valence-corrected chi connectivity index (χ0v) is 15.8. The number of hydrogen-bond acceptors (Lipinski definition) is 6. The average molecular weight is 380 g/mol. The second-order valence-corrected chi connectivity index (χ2v) is 7.07. The Morgan fingerprint density at radius 1 is 1.11 bits per heavy atom. The number of aromatic nitrogens is 4. The normalized spacial score (nSPS) is 11.2. The van der Waals surface area contributed by atoms with Gasteiger partial charge in [0.15, 0.2) is 0 Å². The van der Waals surface area contributed by atoms with Gasteiger partial charge in [-0.3, -0.25) is 0 Å². The van der Waals surface area contributed by atoms with E-state index in [9.17, 15) is 5.11 Å². The molecule has 2 aromatic carbocycles. The van der Waals surface area contributed by atoms with E-state index in [2.05, 4.69) is 22.1 Å². The smallest absolute Gasteiger partial charge is 0.147 e. The number of ether oxygens (including phenoxy) is 1. The highest BCUT2D eigenvalue weighted by Crippen LogP contribution is 2.26. The van der Waals surface area contributed by atoms with Gasteiger partial charge in [-0.05, 0) is 42.7 Å². The molecule has 0 amide bonds. The molecule has 0 fully saturated rings. The number of fused-ring (bicyclic) bond motifs is 1. The predicted octanol–water partition coefficient (Wildman–Crippen LogP) is 3.55. The van der Waals surface area contributed by atoms with E-state index in [1.807, 2.05) is 47.8 Å². The van der Waals surface area contributed by atoms with Crippen molar-refractivity contribution in [3.8, 4) is 11.4 Å². The number of nitrogens with zero attached hydrogens (tertiary/aromatic N) is 4. The first-order valence-corrected chi connectivity index (χ1v) is 9.77. The zero-order chi connectivity index (χ0) is 18.6. The Morgan fingerprint density at radius 2 is 1.89 bits per heavy atom. The van der Waals surface area contributed by atoms with E-state index in [1.165, 1.54) is 0 Å². The lowest BCUT2D eigenvalue weighted by Crippen LogP contribution is -2.06. The molecule has 0 unspecified atom stereocenters. The van der Waals surface area contributed by atoms with Gasteiger partial charge in [0, 0.05) is 12.0 Å². The van der Waals surface area contributed by atoms with Gasteiger partial charge in [0.05, 0.1) is 10.7 Å². The van der Waals surface area contributed by atoms with E-state index in [-0.39, 0.29) is 6.61 Å². The topological polar surface area (TPSA) is 73.1 Å². The van der Waals surface area contributed by atoms with Gasteiger partial charge in [0.2, 0.25) is 0 Å². The highest BCUT2D eigenvalue weighted by molar-refractivity contribution is 7.09. The van der Waals surface area contributed by atoms with Gasteiger partial charge >= 0.3 is 0 Å². The minimum atomic E-state index is 0.0901. The van der Waals surface area contributed by atoms with Crippen LogP contribution < -0.4 is 4.74 Å². The molecule has 2 heterocycles. The van der Waals surface area contributed by atoms with Crippen LogP contribution in [0.3, 0.4) is 0 Å². The fourth-order valence-corrected chi connectivity index (χ4v) is 3.55. The number of benzene rings is 2. The molecule has 4 rings (SSSR count). The lowest BCUT2D eigenvalue weighted by Gasteiger charge is -2.11. The summed E-state index contributed by atoms with van der Waals surface area (Å²) in [6, 6.07) is 13.6. The SMILES string of the molecule is CCc1nc(COc2ccc(CCO)cc2-n2nc3ccccc3n2)cs1. The molecule has 0 aliphatic carbocycles. The van der Waals surface area contributed by atoms with Crippen LogP contribution in [0.2, 0.25) is 0 Å². The molecule has 6 nitrogen and oxygen atoms in total. The molecule has 1 N–H and O–H groups in total. The molecule has 0 aliphatic heterocycles. The molecular formula is C20H20N4O2S. The summed E-state index contributed by atoms with van der Waals surface area (Å²) < 4.78 is 6.05. The van der Waals surface area contributed by atoms with Crippen molar-refractivity contribution < 1.29 is 9.84 Å². The Bertz CT molecular complexity index is 1020. The summed E-state index contributed by atoms with van der Waals surface area (Å²) in [6.07, 6.45) is 1.50. The van der Waals surface area contributed by atoms with Gasteiger partial charge in [0.25, 0.3) is 0 Å². The van der Waals surface area contributed by atoms with Crippen molar-refractivity contribution in [1.82, 2.24) is 20.0 Å². The standard InChI is InChI=1S/C20H20N4O2S/c1-2-20-21-15(13-27-20)12-26-19-8-7-14(9-10-25)11-18(19)24-22-16-5-3-4-6-17(16)23-24/h3-8,11,13,25H,2,9-10,12H2,1H3. The van der Waals surface area contributed by atoms with Crippen molar-refractivity contribution in [2.45, 2.75) is 26.4 Å². The Labute approximate surface area is 161 Å². The lowest BCUT2D eigenvalue weighted by molar-refractivity contribution is 0.296. The average Bonchev–Trinajstić information content (AvgIpc) is 3.33. The minimum Gasteiger partial charge on any atom is -0.485 e. The van der Waals surface area contributed by atoms with E-state index in [0.717, 1.165) is 39.4 Å². The summed E-state index contributed by atoms with van der Waals surface area (Å²) in [5.41, 5.74) is 4.32. The van der Waals surface area contributed by atoms with Crippen LogP contribution in [0.15, 0.2) is 47.8 Å². The molecule has 2 aromatic heterocycles. The quantitative estimate of drug-likeness (QED) is 0.531. The van der Waals surface area contributed by atoms with E-state index in [1.54, 1.807) is 16.1 Å². The predicted molar refractivity (Wildman–Crippen MR) is 105 cm³/mol. The number of aryl methyl sites for hydroxylation is 1. The third kappa shape index (κ3) is 3.84. The lowest BCUT2D eigenvalue weighted by atomic mass is 10.1. The Balaban J connectivity index is 1.67. The number of aliphatic hydroxyl groups is 1. The van der Waals surface area contributed by atoms with Gasteiger partial charge in [-0.25, -0.2) is 4.98 Å². The van der Waals surface area contributed by atoms with Gasteiger partial charge < -0.3 is 9.84 Å². The summed E-state index contributed by atoms with van der Waals surface area (Å²) >= 11 is 1.65. The van der Waals surface area contributed by atoms with Crippen LogP contribution in [0.25, 0.3) is 16.7 Å². The molecule has 0 saturated heterocycles. The number of aliphatic hydroxyl groups excluding tert-OH is 1. The van der Waals surface area contributed by atoms with Crippen LogP contribution in [-0.4, -0.2) is 31.7 Å². The molecule has 0 bridgehead atoms. The van der Waals surface area contributed by atoms with Crippen LogP contribution >= 0.6 is 11.3 Å². The minimum absolute atomic E-state index is 0.0901. The van der Waals surface area contributed by atoms with Gasteiger partial charge in [-0.2, -0.15) is 0 Å². The van der Waals surface area contributed by atoms with Gasteiger partial charge in [0.1, 0.15) is 29.1 Å². The first kappa shape index (κ1) is 17.6. The van der Waals surface area contributed by atoms with Crippen molar-refractivity contribution in [3.05, 3.63) is 64.1 Å². The van der Waals surface area contributed by atoms with Crippen LogP contribution in [0.5, 0.6) is 5.75 Å². The molecule has 0 saturated carbocycles. The largest absolute Gasteiger partial charge is 0.485 e. The second kappa shape index (κ2) is 7.85. The van der Waals surface area contributed by atoms with Crippen molar-refractivity contribution in [2.75, 3.05) is 6.61 Å². The number of thiazole rings is 1. The van der Waals surface area contributed by atoms with Crippen LogP contribution in [0.4, 0.5) is 0 Å². The third-order valence-electron chi connectivity index (χ3n) is 4.20. The Hall–Kier alpha value is -2.77. The molecule has 27 heavy (non-hydrogen) atoms. The zero-order valence-electron chi connectivity index (χ0n) is 15.0. The van der Waals surface area contributed by atoms with Crippen molar-refractivity contribution in [2.24, 2.45) is 0 Å². The van der Waals surface area contributed by atoms with E-state index >= 15 is 0 Å².